The van der Waals surface area contributed by atoms with Crippen molar-refractivity contribution < 1.29 is 4.74 Å². The van der Waals surface area contributed by atoms with E-state index in [2.05, 4.69) is 38.2 Å². The second-order valence-corrected chi connectivity index (χ2v) is 6.13. The molecule has 0 radical (unpaired) electrons. The normalized spacial score (nSPS) is 11.1. The molecule has 0 bridgehead atoms. The third kappa shape index (κ3) is 6.70. The molecule has 0 aliphatic rings. The Bertz CT molecular complexity index is 850. The lowest BCUT2D eigenvalue weighted by Crippen LogP contribution is -2.39. The van der Waals surface area contributed by atoms with Gasteiger partial charge in [0.1, 0.15) is 12.4 Å². The number of nitrogens with one attached hydrogen (secondary N) is 2. The van der Waals surface area contributed by atoms with Crippen LogP contribution in [0.25, 0.3) is 11.0 Å². The molecule has 3 rings (SSSR count). The van der Waals surface area contributed by atoms with Crippen molar-refractivity contribution >= 4 is 41.0 Å². The van der Waals surface area contributed by atoms with Crippen LogP contribution in [0.2, 0.25) is 0 Å². The van der Waals surface area contributed by atoms with Gasteiger partial charge in [0, 0.05) is 19.6 Å². The molecule has 3 aromatic rings. The topological polar surface area (TPSA) is 63.5 Å². The summed E-state index contributed by atoms with van der Waals surface area (Å²) in [5, 5.41) is 6.58. The molecule has 6 nitrogen and oxygen atoms in total. The van der Waals surface area contributed by atoms with Crippen LogP contribution in [0.5, 0.6) is 5.75 Å². The number of aliphatic imine (C=N–C) groups is 1. The van der Waals surface area contributed by atoms with Gasteiger partial charge in [0.2, 0.25) is 0 Å². The quantitative estimate of drug-likeness (QED) is 0.207. The third-order valence-corrected chi connectivity index (χ3v) is 4.11. The van der Waals surface area contributed by atoms with Crippen LogP contribution < -0.4 is 15.4 Å². The Morgan fingerprint density at radius 2 is 1.86 bits per heavy atom. The van der Waals surface area contributed by atoms with Gasteiger partial charge in [-0.3, -0.25) is 4.99 Å². The van der Waals surface area contributed by atoms with E-state index in [4.69, 9.17) is 4.74 Å². The Balaban J connectivity index is 0.00000280. The minimum Gasteiger partial charge on any atom is -0.492 e. The zero-order chi connectivity index (χ0) is 18.7. The molecule has 0 amide bonds. The van der Waals surface area contributed by atoms with Gasteiger partial charge >= 0.3 is 0 Å². The van der Waals surface area contributed by atoms with Gasteiger partial charge in [-0.25, -0.2) is 4.98 Å². The maximum Gasteiger partial charge on any atom is 0.191 e. The number of halogens is 1. The van der Waals surface area contributed by atoms with Gasteiger partial charge in [0.15, 0.2) is 5.96 Å². The highest BCUT2D eigenvalue weighted by atomic mass is 127. The average Bonchev–Trinajstić information content (AvgIpc) is 3.12. The fourth-order valence-corrected chi connectivity index (χ4v) is 2.82. The summed E-state index contributed by atoms with van der Waals surface area (Å²) in [6, 6.07) is 18.0. The highest BCUT2D eigenvalue weighted by Gasteiger charge is 2.01. The van der Waals surface area contributed by atoms with E-state index >= 15 is 0 Å². The summed E-state index contributed by atoms with van der Waals surface area (Å²) < 4.78 is 7.87. The first kappa shape index (κ1) is 22.0. The lowest BCUT2D eigenvalue weighted by molar-refractivity contribution is 0.322. The SMILES string of the molecule is CCNC(=NCCCn1cnc2ccccc21)NCCOc1ccccc1.I. The number of hydrogen-bond donors (Lipinski definition) is 2. The van der Waals surface area contributed by atoms with E-state index in [-0.39, 0.29) is 24.0 Å². The predicted molar refractivity (Wildman–Crippen MR) is 126 cm³/mol. The van der Waals surface area contributed by atoms with E-state index in [1.54, 1.807) is 0 Å². The summed E-state index contributed by atoms with van der Waals surface area (Å²) >= 11 is 0. The van der Waals surface area contributed by atoms with Crippen molar-refractivity contribution in [2.24, 2.45) is 4.99 Å². The smallest absolute Gasteiger partial charge is 0.191 e. The Labute approximate surface area is 183 Å². The maximum absolute atomic E-state index is 5.69. The van der Waals surface area contributed by atoms with Crippen molar-refractivity contribution in [3.63, 3.8) is 0 Å². The molecule has 0 aliphatic heterocycles. The molecule has 0 aliphatic carbocycles. The average molecular weight is 493 g/mol. The number of ether oxygens (including phenoxy) is 1. The summed E-state index contributed by atoms with van der Waals surface area (Å²) in [6.45, 7) is 5.84. The molecule has 1 aromatic heterocycles. The van der Waals surface area contributed by atoms with Crippen LogP contribution in [-0.2, 0) is 6.54 Å². The van der Waals surface area contributed by atoms with Gasteiger partial charge in [-0.2, -0.15) is 0 Å². The Hall–Kier alpha value is -2.29. The van der Waals surface area contributed by atoms with Crippen molar-refractivity contribution in [1.29, 1.82) is 0 Å². The molecule has 0 fully saturated rings. The van der Waals surface area contributed by atoms with Crippen molar-refractivity contribution in [3.05, 3.63) is 60.9 Å². The zero-order valence-corrected chi connectivity index (χ0v) is 18.5. The molecule has 0 saturated carbocycles. The van der Waals surface area contributed by atoms with Crippen LogP contribution in [0, 0.1) is 0 Å². The lowest BCUT2D eigenvalue weighted by Gasteiger charge is -2.12. The van der Waals surface area contributed by atoms with Crippen molar-refractivity contribution in [2.75, 3.05) is 26.2 Å². The van der Waals surface area contributed by atoms with Crippen LogP contribution in [0.3, 0.4) is 0 Å². The highest BCUT2D eigenvalue weighted by Crippen LogP contribution is 2.12. The van der Waals surface area contributed by atoms with Crippen LogP contribution in [0.15, 0.2) is 65.9 Å². The summed E-state index contributed by atoms with van der Waals surface area (Å²) in [5.41, 5.74) is 2.21. The molecule has 1 heterocycles. The third-order valence-electron chi connectivity index (χ3n) is 4.11. The van der Waals surface area contributed by atoms with Gasteiger partial charge in [-0.1, -0.05) is 30.3 Å². The van der Waals surface area contributed by atoms with Crippen LogP contribution >= 0.6 is 24.0 Å². The van der Waals surface area contributed by atoms with Gasteiger partial charge < -0.3 is 19.9 Å². The summed E-state index contributed by atoms with van der Waals surface area (Å²) in [5.74, 6) is 1.71. The van der Waals surface area contributed by atoms with Gasteiger partial charge in [0.05, 0.1) is 23.9 Å². The van der Waals surface area contributed by atoms with Gasteiger partial charge in [0.25, 0.3) is 0 Å². The lowest BCUT2D eigenvalue weighted by atomic mass is 10.3. The van der Waals surface area contributed by atoms with Crippen molar-refractivity contribution in [2.45, 2.75) is 19.9 Å². The standard InChI is InChI=1S/C21H27N5O.HI/c1-2-22-21(24-14-16-27-18-9-4-3-5-10-18)23-13-8-15-26-17-25-19-11-6-7-12-20(19)26;/h3-7,9-12,17H,2,8,13-16H2,1H3,(H2,22,23,24);1H. The number of para-hydroxylation sites is 3. The first-order valence-electron chi connectivity index (χ1n) is 9.46. The number of aryl methyl sites for hydroxylation is 1. The van der Waals surface area contributed by atoms with Crippen LogP contribution in [0.4, 0.5) is 0 Å². The Kier molecular flexibility index (Phi) is 9.61. The number of nitrogens with zero attached hydrogens (tertiary/aromatic N) is 3. The van der Waals surface area contributed by atoms with Crippen molar-refractivity contribution in [3.8, 4) is 5.75 Å². The van der Waals surface area contributed by atoms with E-state index < -0.39 is 0 Å². The van der Waals surface area contributed by atoms with Crippen molar-refractivity contribution in [1.82, 2.24) is 20.2 Å². The van der Waals surface area contributed by atoms with E-state index in [1.165, 1.54) is 5.52 Å². The molecule has 2 aromatic carbocycles. The molecular formula is C21H28IN5O. The number of fused-ring (bicyclic) bond motifs is 1. The first-order valence-corrected chi connectivity index (χ1v) is 9.46. The minimum atomic E-state index is 0. The van der Waals surface area contributed by atoms with E-state index in [1.807, 2.05) is 54.9 Å². The first-order chi connectivity index (χ1) is 13.4. The molecule has 0 unspecified atom stereocenters. The predicted octanol–water partition coefficient (Wildman–Crippen LogP) is 3.68. The van der Waals surface area contributed by atoms with E-state index in [0.717, 1.165) is 43.3 Å². The molecule has 2 N–H and O–H groups in total. The molecule has 7 heteroatoms. The Morgan fingerprint density at radius 3 is 2.68 bits per heavy atom. The number of guanidine groups is 1. The zero-order valence-electron chi connectivity index (χ0n) is 16.2. The summed E-state index contributed by atoms with van der Waals surface area (Å²) in [7, 11) is 0. The van der Waals surface area contributed by atoms with Crippen LogP contribution in [0.1, 0.15) is 13.3 Å². The fraction of sp³-hybridized carbons (Fsp3) is 0.333. The van der Waals surface area contributed by atoms with Crippen LogP contribution in [-0.4, -0.2) is 41.8 Å². The fourth-order valence-electron chi connectivity index (χ4n) is 2.82. The molecule has 0 saturated heterocycles. The van der Waals surface area contributed by atoms with E-state index in [9.17, 15) is 0 Å². The number of rotatable bonds is 9. The molecule has 150 valence electrons. The molecule has 28 heavy (non-hydrogen) atoms. The van der Waals surface area contributed by atoms with E-state index in [0.29, 0.717) is 13.2 Å². The molecular weight excluding hydrogens is 465 g/mol. The number of hydrogen-bond acceptors (Lipinski definition) is 3. The number of imidazole rings is 1. The number of aromatic nitrogens is 2. The molecule has 0 spiro atoms. The molecule has 0 atom stereocenters. The second-order valence-electron chi connectivity index (χ2n) is 6.13. The highest BCUT2D eigenvalue weighted by molar-refractivity contribution is 14.0. The largest absolute Gasteiger partial charge is 0.492 e. The summed E-state index contributed by atoms with van der Waals surface area (Å²) in [4.78, 5) is 9.07. The minimum absolute atomic E-state index is 0. The summed E-state index contributed by atoms with van der Waals surface area (Å²) in [6.07, 6.45) is 2.86. The second kappa shape index (κ2) is 12.2. The number of benzene rings is 2. The van der Waals surface area contributed by atoms with Gasteiger partial charge in [-0.05, 0) is 37.6 Å². The maximum atomic E-state index is 5.69. The Morgan fingerprint density at radius 1 is 1.07 bits per heavy atom. The monoisotopic (exact) mass is 493 g/mol. The van der Waals surface area contributed by atoms with Gasteiger partial charge in [-0.15, -0.1) is 24.0 Å².